The van der Waals surface area contributed by atoms with E-state index in [0.717, 1.165) is 36.0 Å². The van der Waals surface area contributed by atoms with Crippen molar-refractivity contribution in [3.05, 3.63) is 69.6 Å². The summed E-state index contributed by atoms with van der Waals surface area (Å²) < 4.78 is 0. The van der Waals surface area contributed by atoms with Crippen molar-refractivity contribution in [1.29, 1.82) is 0 Å². The van der Waals surface area contributed by atoms with E-state index in [4.69, 9.17) is 23.2 Å². The molecule has 190 valence electrons. The van der Waals surface area contributed by atoms with Crippen molar-refractivity contribution >= 4 is 23.2 Å². The van der Waals surface area contributed by atoms with E-state index in [1.54, 1.807) is 11.1 Å². The second kappa shape index (κ2) is 11.2. The van der Waals surface area contributed by atoms with E-state index < -0.39 is 0 Å². The van der Waals surface area contributed by atoms with Crippen molar-refractivity contribution < 1.29 is 0 Å². The van der Waals surface area contributed by atoms with Crippen LogP contribution < -0.4 is 10.9 Å². The van der Waals surface area contributed by atoms with E-state index in [-0.39, 0.29) is 0 Å². The summed E-state index contributed by atoms with van der Waals surface area (Å²) in [6.45, 7) is 6.02. The molecule has 6 heteroatoms. The van der Waals surface area contributed by atoms with Crippen molar-refractivity contribution in [1.82, 2.24) is 20.7 Å². The van der Waals surface area contributed by atoms with Crippen LogP contribution in [0.2, 0.25) is 0 Å². The highest BCUT2D eigenvalue weighted by Gasteiger charge is 2.44. The first kappa shape index (κ1) is 25.0. The van der Waals surface area contributed by atoms with Crippen LogP contribution in [-0.2, 0) is 0 Å². The lowest BCUT2D eigenvalue weighted by Gasteiger charge is -2.48. The molecule has 2 saturated carbocycles. The summed E-state index contributed by atoms with van der Waals surface area (Å²) >= 11 is 11.5. The summed E-state index contributed by atoms with van der Waals surface area (Å²) in [5.41, 5.74) is 10.6. The van der Waals surface area contributed by atoms with Gasteiger partial charge in [-0.3, -0.25) is 10.3 Å². The van der Waals surface area contributed by atoms with Crippen LogP contribution in [0.4, 0.5) is 0 Å². The number of nitrogens with zero attached hydrogens (tertiary/aromatic N) is 2. The molecule has 0 radical (unpaired) electrons. The number of hydrogen-bond donors (Lipinski definition) is 2. The van der Waals surface area contributed by atoms with Crippen molar-refractivity contribution in [3.8, 4) is 0 Å². The molecule has 3 heterocycles. The second-order valence-electron chi connectivity index (χ2n) is 10.9. The molecule has 1 aromatic carbocycles. The molecule has 4 nitrogen and oxygen atoms in total. The average Bonchev–Trinajstić information content (AvgIpc) is 3.69. The number of allylic oxidation sites excluding steroid dienone is 3. The van der Waals surface area contributed by atoms with Gasteiger partial charge in [0.2, 0.25) is 0 Å². The summed E-state index contributed by atoms with van der Waals surface area (Å²) in [4.78, 5) is 5.46. The number of halogens is 2. The quantitative estimate of drug-likeness (QED) is 0.427. The van der Waals surface area contributed by atoms with E-state index in [1.165, 1.54) is 57.1 Å². The Labute approximate surface area is 221 Å². The SMILES string of the molecule is C/C=C(\C)Cl.ClC1=CC(N2CC3CCC(C2)N3C2CCC(c3ccccc3C3CC3)CC2)=CNN1. The monoisotopic (exact) mass is 514 g/mol. The van der Waals surface area contributed by atoms with Gasteiger partial charge in [-0.2, -0.15) is 0 Å². The molecule has 0 spiro atoms. The Balaban J connectivity index is 0.000000464. The number of hydrazine groups is 1. The number of piperazine rings is 1. The summed E-state index contributed by atoms with van der Waals surface area (Å²) in [5.74, 6) is 1.65. The third kappa shape index (κ3) is 5.87. The molecule has 1 aromatic rings. The van der Waals surface area contributed by atoms with Gasteiger partial charge in [-0.1, -0.05) is 53.5 Å². The maximum atomic E-state index is 6.18. The van der Waals surface area contributed by atoms with Gasteiger partial charge in [0.1, 0.15) is 5.16 Å². The van der Waals surface area contributed by atoms with E-state index in [2.05, 4.69) is 51.0 Å². The van der Waals surface area contributed by atoms with E-state index >= 15 is 0 Å². The van der Waals surface area contributed by atoms with Gasteiger partial charge in [-0.05, 0) is 94.3 Å². The van der Waals surface area contributed by atoms with Crippen molar-refractivity contribution in [2.45, 2.75) is 95.2 Å². The minimum Gasteiger partial charge on any atom is -0.367 e. The summed E-state index contributed by atoms with van der Waals surface area (Å²) in [6, 6.07) is 11.5. The van der Waals surface area contributed by atoms with Crippen LogP contribution in [-0.4, -0.2) is 41.0 Å². The molecule has 2 N–H and O–H groups in total. The number of rotatable bonds is 4. The minimum absolute atomic E-state index is 0.673. The summed E-state index contributed by atoms with van der Waals surface area (Å²) in [6.07, 6.45) is 16.9. The van der Waals surface area contributed by atoms with Gasteiger partial charge in [0.15, 0.2) is 0 Å². The number of fused-ring (bicyclic) bond motifs is 2. The molecule has 4 fully saturated rings. The molecular weight excluding hydrogens is 475 g/mol. The smallest absolute Gasteiger partial charge is 0.122 e. The topological polar surface area (TPSA) is 30.5 Å². The van der Waals surface area contributed by atoms with Crippen molar-refractivity contribution in [2.24, 2.45) is 0 Å². The summed E-state index contributed by atoms with van der Waals surface area (Å²) in [7, 11) is 0. The highest BCUT2D eigenvalue weighted by atomic mass is 35.5. The predicted octanol–water partition coefficient (Wildman–Crippen LogP) is 6.92. The molecule has 2 aliphatic carbocycles. The van der Waals surface area contributed by atoms with Gasteiger partial charge in [0, 0.05) is 42.4 Å². The first-order chi connectivity index (χ1) is 17.0. The molecular formula is C29H40Cl2N4. The van der Waals surface area contributed by atoms with Gasteiger partial charge in [-0.15, -0.1) is 0 Å². The maximum absolute atomic E-state index is 6.18. The predicted molar refractivity (Wildman–Crippen MR) is 147 cm³/mol. The van der Waals surface area contributed by atoms with E-state index in [9.17, 15) is 0 Å². The lowest BCUT2D eigenvalue weighted by Crippen LogP contribution is -2.57. The van der Waals surface area contributed by atoms with Gasteiger partial charge >= 0.3 is 0 Å². The zero-order valence-corrected chi connectivity index (χ0v) is 22.7. The Hall–Kier alpha value is -1.62. The Morgan fingerprint density at radius 1 is 0.886 bits per heavy atom. The fraction of sp³-hybridized carbons (Fsp3) is 0.586. The number of likely N-dealkylation sites (tertiary alicyclic amines) is 1. The Morgan fingerprint density at radius 3 is 1.89 bits per heavy atom. The third-order valence-electron chi connectivity index (χ3n) is 8.56. The van der Waals surface area contributed by atoms with Gasteiger partial charge < -0.3 is 10.3 Å². The number of nitrogens with one attached hydrogen (secondary N) is 2. The molecule has 2 saturated heterocycles. The maximum Gasteiger partial charge on any atom is 0.122 e. The van der Waals surface area contributed by atoms with Crippen LogP contribution in [0.5, 0.6) is 0 Å². The molecule has 0 amide bonds. The number of hydrogen-bond acceptors (Lipinski definition) is 4. The minimum atomic E-state index is 0.673. The fourth-order valence-corrected chi connectivity index (χ4v) is 6.81. The van der Waals surface area contributed by atoms with Crippen LogP contribution in [0.15, 0.2) is 58.5 Å². The van der Waals surface area contributed by atoms with E-state index in [0.29, 0.717) is 17.2 Å². The molecule has 2 bridgehead atoms. The zero-order chi connectivity index (χ0) is 24.4. The average molecular weight is 516 g/mol. The van der Waals surface area contributed by atoms with Gasteiger partial charge in [-0.25, -0.2) is 0 Å². The third-order valence-corrected chi connectivity index (χ3v) is 8.98. The highest BCUT2D eigenvalue weighted by Crippen LogP contribution is 2.47. The lowest BCUT2D eigenvalue weighted by molar-refractivity contribution is 0.0312. The molecule has 2 unspecified atom stereocenters. The second-order valence-corrected chi connectivity index (χ2v) is 11.9. The largest absolute Gasteiger partial charge is 0.367 e. The normalized spacial score (nSPS) is 31.0. The molecule has 5 aliphatic rings. The lowest BCUT2D eigenvalue weighted by atomic mass is 9.78. The zero-order valence-electron chi connectivity index (χ0n) is 21.1. The molecule has 0 aromatic heterocycles. The fourth-order valence-electron chi connectivity index (χ4n) is 6.65. The first-order valence-corrected chi connectivity index (χ1v) is 14.3. The van der Waals surface area contributed by atoms with Crippen molar-refractivity contribution in [2.75, 3.05) is 13.1 Å². The van der Waals surface area contributed by atoms with Crippen LogP contribution in [0.25, 0.3) is 0 Å². The molecule has 35 heavy (non-hydrogen) atoms. The summed E-state index contributed by atoms with van der Waals surface area (Å²) in [5, 5.41) is 1.53. The van der Waals surface area contributed by atoms with Crippen LogP contribution in [0.3, 0.4) is 0 Å². The van der Waals surface area contributed by atoms with Gasteiger partial charge in [0.05, 0.1) is 5.70 Å². The molecule has 3 aliphatic heterocycles. The Bertz CT molecular complexity index is 957. The highest BCUT2D eigenvalue weighted by molar-refractivity contribution is 6.29. The molecule has 6 rings (SSSR count). The van der Waals surface area contributed by atoms with E-state index in [1.807, 2.05) is 26.1 Å². The van der Waals surface area contributed by atoms with Crippen LogP contribution in [0, 0.1) is 0 Å². The standard InChI is InChI=1S/C25H33ClN4.C4H7Cl/c26-25-13-22(14-27-28-25)29-15-20-11-12-21(16-29)30(20)19-9-7-18(8-10-19)24-4-2-1-3-23(24)17-5-6-17;1-3-4(2)5/h1-4,13-14,17-21,27-28H,5-12,15-16H2;3H,1-2H3/b;4-3+. The number of benzene rings is 1. The Kier molecular flexibility index (Phi) is 8.01. The van der Waals surface area contributed by atoms with Crippen LogP contribution in [0.1, 0.15) is 88.2 Å². The Morgan fingerprint density at radius 2 is 1.40 bits per heavy atom. The van der Waals surface area contributed by atoms with Crippen molar-refractivity contribution in [3.63, 3.8) is 0 Å². The first-order valence-electron chi connectivity index (χ1n) is 13.5. The van der Waals surface area contributed by atoms with Crippen LogP contribution >= 0.6 is 23.2 Å². The molecule has 2 atom stereocenters. The van der Waals surface area contributed by atoms with Gasteiger partial charge in [0.25, 0.3) is 0 Å².